The number of amides is 1. The Morgan fingerprint density at radius 3 is 3.12 bits per heavy atom. The lowest BCUT2D eigenvalue weighted by Gasteiger charge is -2.22. The number of nitrogens with zero attached hydrogens (tertiary/aromatic N) is 4. The molecule has 0 bridgehead atoms. The molecule has 25 heavy (non-hydrogen) atoms. The molecule has 4 rings (SSSR count). The standard InChI is InChI=1S/C17H18N4O3S/c1-11-9-14(24-20-11)13-3-2-7-21(13)16(22)5-4-15-18-19-17(23-15)12-6-8-25-10-12/h6,8-10,13H,2-5,7H2,1H3/t13-/m0/s1. The van der Waals surface area contributed by atoms with Gasteiger partial charge in [0.2, 0.25) is 17.7 Å². The molecule has 4 heterocycles. The third kappa shape index (κ3) is 3.34. The highest BCUT2D eigenvalue weighted by atomic mass is 32.1. The van der Waals surface area contributed by atoms with E-state index >= 15 is 0 Å². The summed E-state index contributed by atoms with van der Waals surface area (Å²) in [6, 6.07) is 3.82. The van der Waals surface area contributed by atoms with Gasteiger partial charge < -0.3 is 13.8 Å². The second kappa shape index (κ2) is 6.79. The van der Waals surface area contributed by atoms with E-state index in [0.717, 1.165) is 36.4 Å². The highest BCUT2D eigenvalue weighted by molar-refractivity contribution is 7.08. The summed E-state index contributed by atoms with van der Waals surface area (Å²) in [7, 11) is 0. The number of thiophene rings is 1. The van der Waals surface area contributed by atoms with Crippen LogP contribution >= 0.6 is 11.3 Å². The van der Waals surface area contributed by atoms with Crippen LogP contribution in [0, 0.1) is 6.92 Å². The van der Waals surface area contributed by atoms with Crippen LogP contribution in [0.5, 0.6) is 0 Å². The minimum Gasteiger partial charge on any atom is -0.421 e. The fourth-order valence-electron chi connectivity index (χ4n) is 3.12. The van der Waals surface area contributed by atoms with Gasteiger partial charge in [-0.1, -0.05) is 5.16 Å². The van der Waals surface area contributed by atoms with Crippen molar-refractivity contribution >= 4 is 17.2 Å². The molecule has 0 N–H and O–H groups in total. The molecule has 0 unspecified atom stereocenters. The van der Waals surface area contributed by atoms with E-state index in [4.69, 9.17) is 8.94 Å². The van der Waals surface area contributed by atoms with Crippen LogP contribution in [0.25, 0.3) is 11.5 Å². The minimum atomic E-state index is -0.0160. The molecule has 130 valence electrons. The van der Waals surface area contributed by atoms with E-state index in [0.29, 0.717) is 24.6 Å². The summed E-state index contributed by atoms with van der Waals surface area (Å²) in [5.74, 6) is 1.83. The summed E-state index contributed by atoms with van der Waals surface area (Å²) in [5.41, 5.74) is 1.75. The van der Waals surface area contributed by atoms with Crippen molar-refractivity contribution in [3.63, 3.8) is 0 Å². The predicted octanol–water partition coefficient (Wildman–Crippen LogP) is 3.39. The SMILES string of the molecule is Cc1cc([C@@H]2CCCN2C(=O)CCc2nnc(-c3ccsc3)o2)on1. The van der Waals surface area contributed by atoms with Gasteiger partial charge in [-0.15, -0.1) is 10.2 Å². The monoisotopic (exact) mass is 358 g/mol. The lowest BCUT2D eigenvalue weighted by atomic mass is 10.1. The average Bonchev–Trinajstić information content (AvgIpc) is 3.38. The fraction of sp³-hybridized carbons (Fsp3) is 0.412. The van der Waals surface area contributed by atoms with Gasteiger partial charge in [0.05, 0.1) is 11.7 Å². The molecule has 1 aliphatic heterocycles. The van der Waals surface area contributed by atoms with E-state index < -0.39 is 0 Å². The Kier molecular flexibility index (Phi) is 4.35. The Balaban J connectivity index is 1.38. The first-order valence-corrected chi connectivity index (χ1v) is 9.22. The van der Waals surface area contributed by atoms with Crippen molar-refractivity contribution in [1.29, 1.82) is 0 Å². The molecule has 1 fully saturated rings. The average molecular weight is 358 g/mol. The molecule has 7 nitrogen and oxygen atoms in total. The van der Waals surface area contributed by atoms with E-state index in [-0.39, 0.29) is 11.9 Å². The summed E-state index contributed by atoms with van der Waals surface area (Å²) >= 11 is 1.58. The largest absolute Gasteiger partial charge is 0.421 e. The Bertz CT molecular complexity index is 855. The molecule has 0 aromatic carbocycles. The van der Waals surface area contributed by atoms with Gasteiger partial charge in [0.25, 0.3) is 0 Å². The number of aromatic nitrogens is 3. The fourth-order valence-corrected chi connectivity index (χ4v) is 3.75. The van der Waals surface area contributed by atoms with Gasteiger partial charge in [-0.3, -0.25) is 4.79 Å². The van der Waals surface area contributed by atoms with Gasteiger partial charge in [-0.2, -0.15) is 11.3 Å². The van der Waals surface area contributed by atoms with Gasteiger partial charge in [0, 0.05) is 36.4 Å². The second-order valence-corrected chi connectivity index (χ2v) is 6.91. The van der Waals surface area contributed by atoms with Gasteiger partial charge >= 0.3 is 0 Å². The molecular formula is C17H18N4O3S. The Morgan fingerprint density at radius 1 is 1.44 bits per heavy atom. The van der Waals surface area contributed by atoms with Crippen LogP contribution in [-0.2, 0) is 11.2 Å². The topological polar surface area (TPSA) is 85.3 Å². The number of rotatable bonds is 5. The van der Waals surface area contributed by atoms with Crippen molar-refractivity contribution in [2.75, 3.05) is 6.54 Å². The molecule has 8 heteroatoms. The number of carbonyl (C=O) groups is 1. The minimum absolute atomic E-state index is 0.0160. The number of aryl methyl sites for hydroxylation is 2. The first-order valence-electron chi connectivity index (χ1n) is 8.28. The van der Waals surface area contributed by atoms with Crippen molar-refractivity contribution in [2.24, 2.45) is 0 Å². The molecule has 1 atom stereocenters. The predicted molar refractivity (Wildman–Crippen MR) is 90.9 cm³/mol. The number of hydrogen-bond acceptors (Lipinski definition) is 7. The van der Waals surface area contributed by atoms with Gasteiger partial charge in [0.1, 0.15) is 0 Å². The molecule has 3 aromatic heterocycles. The van der Waals surface area contributed by atoms with Crippen LogP contribution < -0.4 is 0 Å². The van der Waals surface area contributed by atoms with E-state index in [1.165, 1.54) is 0 Å². The van der Waals surface area contributed by atoms with E-state index in [9.17, 15) is 4.79 Å². The number of likely N-dealkylation sites (tertiary alicyclic amines) is 1. The maximum atomic E-state index is 12.6. The third-order valence-corrected chi connectivity index (χ3v) is 5.02. The van der Waals surface area contributed by atoms with Gasteiger partial charge in [-0.25, -0.2) is 0 Å². The van der Waals surface area contributed by atoms with Crippen LogP contribution in [0.2, 0.25) is 0 Å². The van der Waals surface area contributed by atoms with Crippen molar-refractivity contribution < 1.29 is 13.7 Å². The summed E-state index contributed by atoms with van der Waals surface area (Å²) in [6.45, 7) is 2.63. The Hall–Kier alpha value is -2.48. The maximum absolute atomic E-state index is 12.6. The van der Waals surface area contributed by atoms with Crippen molar-refractivity contribution in [2.45, 2.75) is 38.6 Å². The van der Waals surface area contributed by atoms with Crippen LogP contribution in [0.4, 0.5) is 0 Å². The van der Waals surface area contributed by atoms with Crippen LogP contribution in [0.3, 0.4) is 0 Å². The zero-order valence-corrected chi connectivity index (χ0v) is 14.7. The highest BCUT2D eigenvalue weighted by Gasteiger charge is 2.32. The highest BCUT2D eigenvalue weighted by Crippen LogP contribution is 2.33. The molecule has 1 amide bonds. The smallest absolute Gasteiger partial charge is 0.248 e. The quantitative estimate of drug-likeness (QED) is 0.695. The second-order valence-electron chi connectivity index (χ2n) is 6.13. The van der Waals surface area contributed by atoms with E-state index in [1.807, 2.05) is 34.7 Å². The third-order valence-electron chi connectivity index (χ3n) is 4.34. The first-order chi connectivity index (χ1) is 12.2. The zero-order chi connectivity index (χ0) is 17.2. The van der Waals surface area contributed by atoms with Gasteiger partial charge in [-0.05, 0) is 31.2 Å². The molecule has 0 spiro atoms. The summed E-state index contributed by atoms with van der Waals surface area (Å²) in [4.78, 5) is 14.5. The lowest BCUT2D eigenvalue weighted by Crippen LogP contribution is -2.30. The molecular weight excluding hydrogens is 340 g/mol. The Labute approximate surface area is 148 Å². The number of carbonyl (C=O) groups excluding carboxylic acids is 1. The Morgan fingerprint density at radius 2 is 2.36 bits per heavy atom. The summed E-state index contributed by atoms with van der Waals surface area (Å²) in [5, 5.41) is 15.9. The summed E-state index contributed by atoms with van der Waals surface area (Å²) in [6.07, 6.45) is 2.66. The van der Waals surface area contributed by atoms with Crippen LogP contribution in [0.1, 0.15) is 42.6 Å². The van der Waals surface area contributed by atoms with Crippen molar-refractivity contribution in [3.8, 4) is 11.5 Å². The molecule has 0 radical (unpaired) electrons. The first kappa shape index (κ1) is 16.0. The molecule has 0 saturated carbocycles. The maximum Gasteiger partial charge on any atom is 0.248 e. The van der Waals surface area contributed by atoms with Crippen LogP contribution in [0.15, 0.2) is 31.8 Å². The van der Waals surface area contributed by atoms with E-state index in [1.54, 1.807) is 11.3 Å². The van der Waals surface area contributed by atoms with Crippen LogP contribution in [-0.4, -0.2) is 32.7 Å². The van der Waals surface area contributed by atoms with Gasteiger partial charge in [0.15, 0.2) is 5.76 Å². The lowest BCUT2D eigenvalue weighted by molar-refractivity contribution is -0.132. The molecule has 3 aromatic rings. The van der Waals surface area contributed by atoms with Crippen molar-refractivity contribution in [3.05, 3.63) is 40.2 Å². The molecule has 1 aliphatic rings. The number of hydrogen-bond donors (Lipinski definition) is 0. The molecule has 0 aliphatic carbocycles. The normalized spacial score (nSPS) is 17.3. The van der Waals surface area contributed by atoms with E-state index in [2.05, 4.69) is 15.4 Å². The van der Waals surface area contributed by atoms with Crippen molar-refractivity contribution in [1.82, 2.24) is 20.3 Å². The summed E-state index contributed by atoms with van der Waals surface area (Å²) < 4.78 is 11.0. The zero-order valence-electron chi connectivity index (χ0n) is 13.8. The molecule has 1 saturated heterocycles.